The van der Waals surface area contributed by atoms with E-state index in [4.69, 9.17) is 0 Å². The Balaban J connectivity index is 1.83. The van der Waals surface area contributed by atoms with E-state index in [1.54, 1.807) is 18.2 Å². The van der Waals surface area contributed by atoms with Crippen LogP contribution in [0.2, 0.25) is 0 Å². The number of rotatable bonds is 3. The van der Waals surface area contributed by atoms with Crippen LogP contribution in [0.25, 0.3) is 0 Å². The summed E-state index contributed by atoms with van der Waals surface area (Å²) in [5.41, 5.74) is 0.692. The molecule has 1 aromatic carbocycles. The third-order valence-corrected chi connectivity index (χ3v) is 5.26. The second-order valence-corrected chi connectivity index (χ2v) is 6.38. The molecule has 1 saturated heterocycles. The molecular weight excluding hydrogens is 250 g/mol. The standard InChI is InChI=1S/C17H25NO2/c1-12(17-15(19)9-4-10-16(17)20)18-11-5-8-14(18)13-6-2-3-7-13/h4,9-10,12-14,19-20H,2-3,5-8,11H2,1H3. The van der Waals surface area contributed by atoms with E-state index in [0.717, 1.165) is 12.5 Å². The second kappa shape index (κ2) is 5.65. The molecule has 3 nitrogen and oxygen atoms in total. The number of nitrogens with zero attached hydrogens (tertiary/aromatic N) is 1. The van der Waals surface area contributed by atoms with Gasteiger partial charge in [-0.3, -0.25) is 4.90 Å². The molecule has 3 rings (SSSR count). The molecule has 2 N–H and O–H groups in total. The number of aromatic hydroxyl groups is 2. The van der Waals surface area contributed by atoms with Gasteiger partial charge >= 0.3 is 0 Å². The summed E-state index contributed by atoms with van der Waals surface area (Å²) >= 11 is 0. The molecule has 2 fully saturated rings. The minimum absolute atomic E-state index is 0.0873. The van der Waals surface area contributed by atoms with E-state index in [1.165, 1.54) is 38.5 Å². The van der Waals surface area contributed by atoms with E-state index in [1.807, 2.05) is 0 Å². The van der Waals surface area contributed by atoms with Gasteiger partial charge in [0.05, 0.1) is 5.56 Å². The molecule has 20 heavy (non-hydrogen) atoms. The van der Waals surface area contributed by atoms with Gasteiger partial charge in [0.15, 0.2) is 0 Å². The first-order chi connectivity index (χ1) is 9.68. The molecule has 2 unspecified atom stereocenters. The van der Waals surface area contributed by atoms with Crippen molar-refractivity contribution in [1.82, 2.24) is 4.90 Å². The maximum atomic E-state index is 10.1. The fourth-order valence-electron chi connectivity index (χ4n) is 4.28. The summed E-state index contributed by atoms with van der Waals surface area (Å²) in [5, 5.41) is 20.2. The quantitative estimate of drug-likeness (QED) is 0.881. The highest BCUT2D eigenvalue weighted by Gasteiger charge is 2.37. The predicted molar refractivity (Wildman–Crippen MR) is 79.9 cm³/mol. The molecule has 0 bridgehead atoms. The normalized spacial score (nSPS) is 26.1. The van der Waals surface area contributed by atoms with Gasteiger partial charge in [0.2, 0.25) is 0 Å². The van der Waals surface area contributed by atoms with Crippen molar-refractivity contribution in [3.63, 3.8) is 0 Å². The van der Waals surface area contributed by atoms with E-state index in [2.05, 4.69) is 11.8 Å². The first kappa shape index (κ1) is 13.7. The maximum Gasteiger partial charge on any atom is 0.124 e. The summed E-state index contributed by atoms with van der Waals surface area (Å²) < 4.78 is 0. The smallest absolute Gasteiger partial charge is 0.124 e. The fourth-order valence-corrected chi connectivity index (χ4v) is 4.28. The first-order valence-corrected chi connectivity index (χ1v) is 7.95. The van der Waals surface area contributed by atoms with Crippen LogP contribution in [-0.4, -0.2) is 27.7 Å². The van der Waals surface area contributed by atoms with Crippen LogP contribution >= 0.6 is 0 Å². The highest BCUT2D eigenvalue weighted by molar-refractivity contribution is 5.45. The molecule has 1 aromatic rings. The maximum absolute atomic E-state index is 10.1. The van der Waals surface area contributed by atoms with Gasteiger partial charge in [0.25, 0.3) is 0 Å². The predicted octanol–water partition coefficient (Wildman–Crippen LogP) is 3.81. The van der Waals surface area contributed by atoms with Crippen LogP contribution in [0.1, 0.15) is 57.1 Å². The van der Waals surface area contributed by atoms with Crippen molar-refractivity contribution in [2.75, 3.05) is 6.54 Å². The fraction of sp³-hybridized carbons (Fsp3) is 0.647. The highest BCUT2D eigenvalue weighted by Crippen LogP contribution is 2.42. The SMILES string of the molecule is CC(c1c(O)cccc1O)N1CCCC1C1CCCC1. The van der Waals surface area contributed by atoms with Crippen molar-refractivity contribution in [2.45, 2.75) is 57.5 Å². The molecule has 0 amide bonds. The van der Waals surface area contributed by atoms with Crippen LogP contribution in [0.4, 0.5) is 0 Å². The molecule has 2 aliphatic rings. The largest absolute Gasteiger partial charge is 0.507 e. The number of phenolic OH excluding ortho intramolecular Hbond substituents is 2. The molecule has 0 aromatic heterocycles. The zero-order valence-corrected chi connectivity index (χ0v) is 12.3. The molecule has 2 atom stereocenters. The van der Waals surface area contributed by atoms with Crippen molar-refractivity contribution >= 4 is 0 Å². The lowest BCUT2D eigenvalue weighted by Crippen LogP contribution is -2.36. The first-order valence-electron chi connectivity index (χ1n) is 7.95. The zero-order chi connectivity index (χ0) is 14.1. The average Bonchev–Trinajstić information content (AvgIpc) is 3.09. The molecule has 1 heterocycles. The van der Waals surface area contributed by atoms with Crippen molar-refractivity contribution in [3.8, 4) is 11.5 Å². The van der Waals surface area contributed by atoms with Crippen LogP contribution in [0.15, 0.2) is 18.2 Å². The average molecular weight is 275 g/mol. The Kier molecular flexibility index (Phi) is 3.88. The number of benzene rings is 1. The number of hydrogen-bond donors (Lipinski definition) is 2. The summed E-state index contributed by atoms with van der Waals surface area (Å²) in [6, 6.07) is 5.76. The molecule has 3 heteroatoms. The van der Waals surface area contributed by atoms with E-state index < -0.39 is 0 Å². The van der Waals surface area contributed by atoms with Gasteiger partial charge in [0.1, 0.15) is 11.5 Å². The summed E-state index contributed by atoms with van der Waals surface area (Å²) in [6.45, 7) is 3.19. The van der Waals surface area contributed by atoms with Crippen LogP contribution < -0.4 is 0 Å². The van der Waals surface area contributed by atoms with Gasteiger partial charge < -0.3 is 10.2 Å². The second-order valence-electron chi connectivity index (χ2n) is 6.38. The van der Waals surface area contributed by atoms with E-state index >= 15 is 0 Å². The van der Waals surface area contributed by atoms with E-state index in [0.29, 0.717) is 11.6 Å². The topological polar surface area (TPSA) is 43.7 Å². The number of hydrogen-bond acceptors (Lipinski definition) is 3. The van der Waals surface area contributed by atoms with Crippen LogP contribution in [0.3, 0.4) is 0 Å². The van der Waals surface area contributed by atoms with Gasteiger partial charge in [-0.25, -0.2) is 0 Å². The van der Waals surface area contributed by atoms with E-state index in [-0.39, 0.29) is 17.5 Å². The molecule has 0 spiro atoms. The molecular formula is C17H25NO2. The van der Waals surface area contributed by atoms with Gasteiger partial charge in [-0.1, -0.05) is 18.9 Å². The summed E-state index contributed by atoms with van der Waals surface area (Å²) in [5.74, 6) is 1.25. The lowest BCUT2D eigenvalue weighted by Gasteiger charge is -2.35. The van der Waals surface area contributed by atoms with Gasteiger partial charge in [-0.05, 0) is 57.2 Å². The Morgan fingerprint density at radius 2 is 1.70 bits per heavy atom. The Hall–Kier alpha value is -1.22. The van der Waals surface area contributed by atoms with Gasteiger partial charge in [-0.2, -0.15) is 0 Å². The highest BCUT2D eigenvalue weighted by atomic mass is 16.3. The lowest BCUT2D eigenvalue weighted by atomic mass is 9.94. The van der Waals surface area contributed by atoms with Crippen molar-refractivity contribution in [1.29, 1.82) is 0 Å². The van der Waals surface area contributed by atoms with Crippen molar-refractivity contribution in [2.24, 2.45) is 5.92 Å². The van der Waals surface area contributed by atoms with Crippen LogP contribution in [0.5, 0.6) is 11.5 Å². The summed E-state index contributed by atoms with van der Waals surface area (Å²) in [6.07, 6.45) is 7.93. The summed E-state index contributed by atoms with van der Waals surface area (Å²) in [4.78, 5) is 2.50. The molecule has 1 aliphatic carbocycles. The van der Waals surface area contributed by atoms with Gasteiger partial charge in [-0.15, -0.1) is 0 Å². The Bertz CT molecular complexity index is 448. The zero-order valence-electron chi connectivity index (χ0n) is 12.3. The molecule has 1 saturated carbocycles. The Morgan fingerprint density at radius 3 is 2.35 bits per heavy atom. The monoisotopic (exact) mass is 275 g/mol. The Morgan fingerprint density at radius 1 is 1.05 bits per heavy atom. The lowest BCUT2D eigenvalue weighted by molar-refractivity contribution is 0.140. The van der Waals surface area contributed by atoms with Crippen molar-refractivity contribution < 1.29 is 10.2 Å². The van der Waals surface area contributed by atoms with Crippen LogP contribution in [0, 0.1) is 5.92 Å². The minimum atomic E-state index is 0.0873. The molecule has 110 valence electrons. The Labute approximate surface area is 121 Å². The van der Waals surface area contributed by atoms with E-state index in [9.17, 15) is 10.2 Å². The molecule has 0 radical (unpaired) electrons. The minimum Gasteiger partial charge on any atom is -0.507 e. The molecule has 1 aliphatic heterocycles. The van der Waals surface area contributed by atoms with Crippen LogP contribution in [-0.2, 0) is 0 Å². The summed E-state index contributed by atoms with van der Waals surface area (Å²) in [7, 11) is 0. The number of phenols is 2. The van der Waals surface area contributed by atoms with Gasteiger partial charge in [0, 0.05) is 12.1 Å². The third-order valence-electron chi connectivity index (χ3n) is 5.26. The van der Waals surface area contributed by atoms with Crippen molar-refractivity contribution in [3.05, 3.63) is 23.8 Å². The number of likely N-dealkylation sites (tertiary alicyclic amines) is 1. The third kappa shape index (κ3) is 2.39.